The van der Waals surface area contributed by atoms with Gasteiger partial charge >= 0.3 is 0 Å². The van der Waals surface area contributed by atoms with Crippen LogP contribution >= 0.6 is 0 Å². The molecular formula is C9H22N2. The molecule has 2 nitrogen and oxygen atoms in total. The van der Waals surface area contributed by atoms with Gasteiger partial charge in [0.15, 0.2) is 0 Å². The minimum absolute atomic E-state index is 0.339. The molecular weight excluding hydrogens is 136 g/mol. The van der Waals surface area contributed by atoms with Crippen molar-refractivity contribution in [2.45, 2.75) is 39.7 Å². The summed E-state index contributed by atoms with van der Waals surface area (Å²) in [5.41, 5.74) is 11.5. The molecule has 11 heavy (non-hydrogen) atoms. The molecule has 0 aromatic heterocycles. The fourth-order valence-corrected chi connectivity index (χ4v) is 1.20. The summed E-state index contributed by atoms with van der Waals surface area (Å²) in [5, 5.41) is 0. The third-order valence-corrected chi connectivity index (χ3v) is 2.38. The lowest BCUT2D eigenvalue weighted by Gasteiger charge is -2.21. The first-order chi connectivity index (χ1) is 5.11. The SMILES string of the molecule is CCC(N)CC(CN)C(C)C. The summed E-state index contributed by atoms with van der Waals surface area (Å²) < 4.78 is 0. The third-order valence-electron chi connectivity index (χ3n) is 2.38. The molecule has 0 aliphatic carbocycles. The summed E-state index contributed by atoms with van der Waals surface area (Å²) in [7, 11) is 0. The molecule has 0 radical (unpaired) electrons. The van der Waals surface area contributed by atoms with E-state index >= 15 is 0 Å². The predicted molar refractivity (Wildman–Crippen MR) is 50.3 cm³/mol. The standard InChI is InChI=1S/C9H22N2/c1-4-9(11)5-8(6-10)7(2)3/h7-9H,4-6,10-11H2,1-3H3. The molecule has 0 saturated heterocycles. The van der Waals surface area contributed by atoms with Crippen LogP contribution in [0.25, 0.3) is 0 Å². The van der Waals surface area contributed by atoms with E-state index < -0.39 is 0 Å². The lowest BCUT2D eigenvalue weighted by Crippen LogP contribution is -2.29. The Labute approximate surface area is 70.3 Å². The van der Waals surface area contributed by atoms with Crippen molar-refractivity contribution in [2.24, 2.45) is 23.3 Å². The number of hydrogen-bond acceptors (Lipinski definition) is 2. The van der Waals surface area contributed by atoms with Gasteiger partial charge in [-0.25, -0.2) is 0 Å². The second-order valence-electron chi connectivity index (χ2n) is 3.64. The van der Waals surface area contributed by atoms with Crippen LogP contribution in [0.4, 0.5) is 0 Å². The molecule has 0 rings (SSSR count). The van der Waals surface area contributed by atoms with Gasteiger partial charge in [-0.1, -0.05) is 20.8 Å². The van der Waals surface area contributed by atoms with E-state index in [1.807, 2.05) is 0 Å². The number of nitrogens with two attached hydrogens (primary N) is 2. The Morgan fingerprint density at radius 2 is 1.82 bits per heavy atom. The molecule has 0 bridgehead atoms. The maximum absolute atomic E-state index is 5.83. The van der Waals surface area contributed by atoms with Crippen molar-refractivity contribution in [1.29, 1.82) is 0 Å². The largest absolute Gasteiger partial charge is 0.330 e. The Morgan fingerprint density at radius 3 is 2.09 bits per heavy atom. The number of hydrogen-bond donors (Lipinski definition) is 2. The van der Waals surface area contributed by atoms with Gasteiger partial charge in [0.25, 0.3) is 0 Å². The van der Waals surface area contributed by atoms with Crippen LogP contribution in [0, 0.1) is 11.8 Å². The third kappa shape index (κ3) is 4.38. The van der Waals surface area contributed by atoms with Gasteiger partial charge in [0.05, 0.1) is 0 Å². The van der Waals surface area contributed by atoms with Crippen LogP contribution in [0.5, 0.6) is 0 Å². The molecule has 68 valence electrons. The molecule has 0 amide bonds. The first-order valence-electron chi connectivity index (χ1n) is 4.57. The van der Waals surface area contributed by atoms with E-state index in [2.05, 4.69) is 20.8 Å². The van der Waals surface area contributed by atoms with Crippen LogP contribution in [-0.2, 0) is 0 Å². The predicted octanol–water partition coefficient (Wildman–Crippen LogP) is 1.34. The van der Waals surface area contributed by atoms with E-state index in [1.165, 1.54) is 0 Å². The van der Waals surface area contributed by atoms with E-state index in [9.17, 15) is 0 Å². The van der Waals surface area contributed by atoms with Gasteiger partial charge in [0.1, 0.15) is 0 Å². The van der Waals surface area contributed by atoms with Crippen LogP contribution in [0.2, 0.25) is 0 Å². The van der Waals surface area contributed by atoms with Crippen molar-refractivity contribution in [1.82, 2.24) is 0 Å². The summed E-state index contributed by atoms with van der Waals surface area (Å²) in [6.07, 6.45) is 2.13. The molecule has 0 heterocycles. The normalized spacial score (nSPS) is 16.9. The Hall–Kier alpha value is -0.0800. The molecule has 0 fully saturated rings. The highest BCUT2D eigenvalue weighted by Gasteiger charge is 2.13. The fraction of sp³-hybridized carbons (Fsp3) is 1.00. The van der Waals surface area contributed by atoms with E-state index in [-0.39, 0.29) is 0 Å². The highest BCUT2D eigenvalue weighted by molar-refractivity contribution is 4.70. The zero-order chi connectivity index (χ0) is 8.85. The van der Waals surface area contributed by atoms with Crippen LogP contribution in [0.3, 0.4) is 0 Å². The van der Waals surface area contributed by atoms with Gasteiger partial charge in [-0.2, -0.15) is 0 Å². The first-order valence-corrected chi connectivity index (χ1v) is 4.57. The summed E-state index contributed by atoms with van der Waals surface area (Å²) >= 11 is 0. The highest BCUT2D eigenvalue weighted by atomic mass is 14.6. The Morgan fingerprint density at radius 1 is 1.27 bits per heavy atom. The second kappa shape index (κ2) is 5.56. The molecule has 2 unspecified atom stereocenters. The minimum Gasteiger partial charge on any atom is -0.330 e. The molecule has 4 N–H and O–H groups in total. The van der Waals surface area contributed by atoms with Crippen LogP contribution in [0.1, 0.15) is 33.6 Å². The van der Waals surface area contributed by atoms with Gasteiger partial charge in [0.2, 0.25) is 0 Å². The molecule has 0 aromatic rings. The summed E-state index contributed by atoms with van der Waals surface area (Å²) in [6.45, 7) is 7.31. The molecule has 0 spiro atoms. The molecule has 0 aromatic carbocycles. The minimum atomic E-state index is 0.339. The van der Waals surface area contributed by atoms with E-state index in [0.29, 0.717) is 17.9 Å². The Bertz CT molecular complexity index is 91.6. The van der Waals surface area contributed by atoms with Crippen LogP contribution in [0.15, 0.2) is 0 Å². The maximum Gasteiger partial charge on any atom is 0.00394 e. The molecule has 0 saturated carbocycles. The van der Waals surface area contributed by atoms with Gasteiger partial charge in [0, 0.05) is 6.04 Å². The Balaban J connectivity index is 3.68. The van der Waals surface area contributed by atoms with Crippen molar-refractivity contribution in [3.05, 3.63) is 0 Å². The topological polar surface area (TPSA) is 52.0 Å². The quantitative estimate of drug-likeness (QED) is 0.634. The summed E-state index contributed by atoms with van der Waals surface area (Å²) in [4.78, 5) is 0. The van der Waals surface area contributed by atoms with Gasteiger partial charge in [-0.15, -0.1) is 0 Å². The zero-order valence-corrected chi connectivity index (χ0v) is 8.01. The summed E-state index contributed by atoms with van der Waals surface area (Å²) in [6, 6.07) is 0.339. The zero-order valence-electron chi connectivity index (χ0n) is 8.01. The molecule has 0 aliphatic rings. The van der Waals surface area contributed by atoms with Gasteiger partial charge in [-0.3, -0.25) is 0 Å². The van der Waals surface area contributed by atoms with Crippen LogP contribution < -0.4 is 11.5 Å². The average Bonchev–Trinajstić information content (AvgIpc) is 1.99. The lowest BCUT2D eigenvalue weighted by atomic mass is 9.89. The molecule has 2 heteroatoms. The van der Waals surface area contributed by atoms with E-state index in [1.54, 1.807) is 0 Å². The highest BCUT2D eigenvalue weighted by Crippen LogP contribution is 2.15. The van der Waals surface area contributed by atoms with E-state index in [4.69, 9.17) is 11.5 Å². The molecule has 2 atom stereocenters. The van der Waals surface area contributed by atoms with Crippen LogP contribution in [-0.4, -0.2) is 12.6 Å². The van der Waals surface area contributed by atoms with Crippen molar-refractivity contribution in [2.75, 3.05) is 6.54 Å². The fourth-order valence-electron chi connectivity index (χ4n) is 1.20. The van der Waals surface area contributed by atoms with Crippen molar-refractivity contribution >= 4 is 0 Å². The maximum atomic E-state index is 5.83. The smallest absolute Gasteiger partial charge is 0.00394 e. The van der Waals surface area contributed by atoms with Gasteiger partial charge < -0.3 is 11.5 Å². The van der Waals surface area contributed by atoms with Gasteiger partial charge in [-0.05, 0) is 31.2 Å². The molecule has 0 aliphatic heterocycles. The van der Waals surface area contributed by atoms with E-state index in [0.717, 1.165) is 19.4 Å². The number of rotatable bonds is 5. The van der Waals surface area contributed by atoms with Crippen molar-refractivity contribution in [3.8, 4) is 0 Å². The average molecular weight is 158 g/mol. The Kier molecular flexibility index (Phi) is 5.51. The van der Waals surface area contributed by atoms with Crippen molar-refractivity contribution in [3.63, 3.8) is 0 Å². The summed E-state index contributed by atoms with van der Waals surface area (Å²) in [5.74, 6) is 1.27. The monoisotopic (exact) mass is 158 g/mol. The lowest BCUT2D eigenvalue weighted by molar-refractivity contribution is 0.337. The first kappa shape index (κ1) is 10.9. The van der Waals surface area contributed by atoms with Crippen molar-refractivity contribution < 1.29 is 0 Å². The second-order valence-corrected chi connectivity index (χ2v) is 3.64.